The smallest absolute Gasteiger partial charge is 0.229 e. The predicted octanol–water partition coefficient (Wildman–Crippen LogP) is 3.15. The molecule has 2 rings (SSSR count). The van der Waals surface area contributed by atoms with Crippen molar-refractivity contribution >= 4 is 34.8 Å². The van der Waals surface area contributed by atoms with Crippen molar-refractivity contribution in [2.75, 3.05) is 17.2 Å². The van der Waals surface area contributed by atoms with Crippen LogP contribution in [0.25, 0.3) is 0 Å². The van der Waals surface area contributed by atoms with Crippen molar-refractivity contribution in [1.82, 2.24) is 19.9 Å². The first-order valence-electron chi connectivity index (χ1n) is 6.35. The molecule has 0 spiro atoms. The summed E-state index contributed by atoms with van der Waals surface area (Å²) in [5.74, 6) is 0.910. The number of hydrogen-bond donors (Lipinski definition) is 2. The largest absolute Gasteiger partial charge is 0.354 e. The van der Waals surface area contributed by atoms with Crippen LogP contribution in [0.3, 0.4) is 0 Å². The van der Waals surface area contributed by atoms with E-state index in [1.54, 1.807) is 17.5 Å². The summed E-state index contributed by atoms with van der Waals surface area (Å²) in [6.45, 7) is 6.89. The van der Waals surface area contributed by atoms with Crippen molar-refractivity contribution in [3.63, 3.8) is 0 Å². The first-order valence-corrected chi connectivity index (χ1v) is 7.60. The standard InChI is InChI=1S/C12H17ClN6S/c1-4-5-15-10-16-9(13)17-11(18-10)19-12(2,3)8-14-6-7-20-8/h6-7H,4-5H2,1-3H3,(H2,15,16,17,18,19). The number of rotatable bonds is 6. The molecule has 0 aromatic carbocycles. The van der Waals surface area contributed by atoms with E-state index in [0.717, 1.165) is 18.0 Å². The number of aromatic nitrogens is 4. The van der Waals surface area contributed by atoms with Gasteiger partial charge in [0, 0.05) is 18.1 Å². The summed E-state index contributed by atoms with van der Waals surface area (Å²) in [7, 11) is 0. The Labute approximate surface area is 127 Å². The van der Waals surface area contributed by atoms with Gasteiger partial charge in [-0.3, -0.25) is 0 Å². The fraction of sp³-hybridized carbons (Fsp3) is 0.500. The molecule has 0 aliphatic rings. The lowest BCUT2D eigenvalue weighted by molar-refractivity contribution is 0.596. The zero-order valence-electron chi connectivity index (χ0n) is 11.6. The van der Waals surface area contributed by atoms with Gasteiger partial charge in [-0.15, -0.1) is 11.3 Å². The molecule has 0 radical (unpaired) electrons. The van der Waals surface area contributed by atoms with Gasteiger partial charge in [0.2, 0.25) is 17.2 Å². The highest BCUT2D eigenvalue weighted by atomic mass is 35.5. The molecule has 0 saturated heterocycles. The Kier molecular flexibility index (Phi) is 4.72. The molecule has 2 aromatic heterocycles. The lowest BCUT2D eigenvalue weighted by Crippen LogP contribution is -2.29. The van der Waals surface area contributed by atoms with Crippen LogP contribution in [0.2, 0.25) is 5.28 Å². The van der Waals surface area contributed by atoms with Crippen molar-refractivity contribution in [3.8, 4) is 0 Å². The third-order valence-electron chi connectivity index (χ3n) is 2.53. The van der Waals surface area contributed by atoms with E-state index >= 15 is 0 Å². The van der Waals surface area contributed by atoms with E-state index in [9.17, 15) is 0 Å². The zero-order chi connectivity index (χ0) is 14.6. The number of anilines is 2. The van der Waals surface area contributed by atoms with Crippen molar-refractivity contribution in [3.05, 3.63) is 21.9 Å². The second kappa shape index (κ2) is 6.32. The summed E-state index contributed by atoms with van der Waals surface area (Å²) < 4.78 is 0. The molecule has 0 amide bonds. The van der Waals surface area contributed by atoms with Gasteiger partial charge in [-0.05, 0) is 31.9 Å². The molecule has 0 aliphatic carbocycles. The Balaban J connectivity index is 2.18. The Hall–Kier alpha value is -1.47. The first kappa shape index (κ1) is 14.9. The average Bonchev–Trinajstić information content (AvgIpc) is 2.89. The number of halogens is 1. The third-order valence-corrected chi connectivity index (χ3v) is 3.80. The maximum atomic E-state index is 5.93. The molecule has 0 fully saturated rings. The predicted molar refractivity (Wildman–Crippen MR) is 82.4 cm³/mol. The van der Waals surface area contributed by atoms with Crippen LogP contribution in [0.15, 0.2) is 11.6 Å². The fourth-order valence-corrected chi connectivity index (χ4v) is 2.47. The van der Waals surface area contributed by atoms with Crippen LogP contribution in [0.5, 0.6) is 0 Å². The molecule has 20 heavy (non-hydrogen) atoms. The maximum Gasteiger partial charge on any atom is 0.229 e. The first-order chi connectivity index (χ1) is 9.51. The molecule has 108 valence electrons. The highest BCUT2D eigenvalue weighted by Crippen LogP contribution is 2.26. The Morgan fingerprint density at radius 1 is 1.25 bits per heavy atom. The van der Waals surface area contributed by atoms with Gasteiger partial charge in [0.15, 0.2) is 0 Å². The monoisotopic (exact) mass is 312 g/mol. The summed E-state index contributed by atoms with van der Waals surface area (Å²) in [4.78, 5) is 16.8. The highest BCUT2D eigenvalue weighted by molar-refractivity contribution is 7.09. The van der Waals surface area contributed by atoms with E-state index in [1.165, 1.54) is 0 Å². The van der Waals surface area contributed by atoms with Crippen LogP contribution in [0.1, 0.15) is 32.2 Å². The van der Waals surface area contributed by atoms with Crippen LogP contribution in [-0.2, 0) is 5.54 Å². The normalized spacial score (nSPS) is 11.4. The molecular weight excluding hydrogens is 296 g/mol. The molecule has 0 unspecified atom stereocenters. The van der Waals surface area contributed by atoms with E-state index in [4.69, 9.17) is 11.6 Å². The van der Waals surface area contributed by atoms with Crippen molar-refractivity contribution in [2.45, 2.75) is 32.7 Å². The van der Waals surface area contributed by atoms with E-state index in [0.29, 0.717) is 11.9 Å². The summed E-state index contributed by atoms with van der Waals surface area (Å²) in [6, 6.07) is 0. The molecule has 0 atom stereocenters. The second-order valence-electron chi connectivity index (χ2n) is 4.77. The Bertz CT molecular complexity index is 557. The highest BCUT2D eigenvalue weighted by Gasteiger charge is 2.24. The van der Waals surface area contributed by atoms with E-state index in [2.05, 4.69) is 37.5 Å². The molecule has 2 heterocycles. The SMILES string of the molecule is CCCNc1nc(Cl)nc(NC(C)(C)c2nccs2)n1. The summed E-state index contributed by atoms with van der Waals surface area (Å²) in [5.41, 5.74) is -0.374. The minimum absolute atomic E-state index is 0.163. The van der Waals surface area contributed by atoms with Crippen LogP contribution < -0.4 is 10.6 Å². The topological polar surface area (TPSA) is 75.6 Å². The van der Waals surface area contributed by atoms with Crippen LogP contribution in [-0.4, -0.2) is 26.5 Å². The Morgan fingerprint density at radius 2 is 2.00 bits per heavy atom. The van der Waals surface area contributed by atoms with Gasteiger partial charge in [-0.2, -0.15) is 15.0 Å². The van der Waals surface area contributed by atoms with Crippen LogP contribution in [0.4, 0.5) is 11.9 Å². The zero-order valence-corrected chi connectivity index (χ0v) is 13.2. The minimum Gasteiger partial charge on any atom is -0.354 e. The number of nitrogens with zero attached hydrogens (tertiary/aromatic N) is 4. The number of nitrogens with one attached hydrogen (secondary N) is 2. The molecule has 0 aliphatic heterocycles. The summed E-state index contributed by atoms with van der Waals surface area (Å²) in [6.07, 6.45) is 2.76. The average molecular weight is 313 g/mol. The van der Waals surface area contributed by atoms with Gasteiger partial charge in [0.05, 0.1) is 5.54 Å². The Morgan fingerprint density at radius 3 is 2.65 bits per heavy atom. The molecule has 2 aromatic rings. The maximum absolute atomic E-state index is 5.93. The van der Waals surface area contributed by atoms with Gasteiger partial charge in [0.1, 0.15) is 5.01 Å². The molecular formula is C12H17ClN6S. The third kappa shape index (κ3) is 3.77. The molecule has 2 N–H and O–H groups in total. The van der Waals surface area contributed by atoms with E-state index in [1.807, 2.05) is 19.2 Å². The molecule has 0 saturated carbocycles. The van der Waals surface area contributed by atoms with E-state index < -0.39 is 0 Å². The number of thiazole rings is 1. The van der Waals surface area contributed by atoms with Gasteiger partial charge in [-0.1, -0.05) is 6.92 Å². The van der Waals surface area contributed by atoms with Gasteiger partial charge in [0.25, 0.3) is 0 Å². The molecule has 0 bridgehead atoms. The quantitative estimate of drug-likeness (QED) is 0.853. The van der Waals surface area contributed by atoms with E-state index in [-0.39, 0.29) is 10.8 Å². The van der Waals surface area contributed by atoms with Gasteiger partial charge >= 0.3 is 0 Å². The second-order valence-corrected chi connectivity index (χ2v) is 6.00. The molecule has 8 heteroatoms. The van der Waals surface area contributed by atoms with Crippen LogP contribution >= 0.6 is 22.9 Å². The lowest BCUT2D eigenvalue weighted by atomic mass is 10.1. The van der Waals surface area contributed by atoms with Crippen molar-refractivity contribution in [2.24, 2.45) is 0 Å². The van der Waals surface area contributed by atoms with Crippen LogP contribution in [0, 0.1) is 0 Å². The van der Waals surface area contributed by atoms with Gasteiger partial charge in [-0.25, -0.2) is 4.98 Å². The van der Waals surface area contributed by atoms with Crippen molar-refractivity contribution in [1.29, 1.82) is 0 Å². The number of hydrogen-bond acceptors (Lipinski definition) is 7. The van der Waals surface area contributed by atoms with Crippen molar-refractivity contribution < 1.29 is 0 Å². The fourth-order valence-electron chi connectivity index (χ4n) is 1.59. The summed E-state index contributed by atoms with van der Waals surface area (Å²) in [5, 5.41) is 9.39. The molecule has 6 nitrogen and oxygen atoms in total. The lowest BCUT2D eigenvalue weighted by Gasteiger charge is -2.23. The summed E-state index contributed by atoms with van der Waals surface area (Å²) >= 11 is 7.51. The van der Waals surface area contributed by atoms with Gasteiger partial charge < -0.3 is 10.6 Å². The minimum atomic E-state index is -0.374.